The van der Waals surface area contributed by atoms with Gasteiger partial charge in [-0.3, -0.25) is 19.4 Å². The van der Waals surface area contributed by atoms with E-state index in [-0.39, 0.29) is 34.5 Å². The maximum absolute atomic E-state index is 12.9. The van der Waals surface area contributed by atoms with Gasteiger partial charge >= 0.3 is 6.18 Å². The minimum absolute atomic E-state index is 0.0167. The zero-order valence-corrected chi connectivity index (χ0v) is 17.3. The monoisotopic (exact) mass is 477 g/mol. The second kappa shape index (κ2) is 8.58. The molecule has 0 saturated heterocycles. The molecule has 1 aliphatic rings. The summed E-state index contributed by atoms with van der Waals surface area (Å²) < 4.78 is 38.8. The van der Waals surface area contributed by atoms with Gasteiger partial charge < -0.3 is 16.0 Å². The molecule has 1 atom stereocenters. The van der Waals surface area contributed by atoms with Gasteiger partial charge in [-0.1, -0.05) is 29.8 Å². The molecule has 2 heterocycles. The molecule has 0 unspecified atom stereocenters. The molecule has 0 bridgehead atoms. The van der Waals surface area contributed by atoms with Crippen LogP contribution in [0.3, 0.4) is 0 Å². The molecule has 0 fully saturated rings. The van der Waals surface area contributed by atoms with Crippen LogP contribution in [0.4, 0.5) is 36.3 Å². The molecule has 8 nitrogen and oxygen atoms in total. The number of amides is 2. The lowest BCUT2D eigenvalue weighted by atomic mass is 9.92. The van der Waals surface area contributed by atoms with E-state index >= 15 is 0 Å². The van der Waals surface area contributed by atoms with Crippen LogP contribution in [-0.2, 0) is 15.8 Å². The molecule has 4 rings (SSSR count). The van der Waals surface area contributed by atoms with E-state index in [2.05, 4.69) is 25.9 Å². The van der Waals surface area contributed by atoms with Crippen molar-refractivity contribution in [1.29, 1.82) is 0 Å². The molecular weight excluding hydrogens is 463 g/mol. The number of carbonyl (C=O) groups is 2. The fraction of sp³-hybridized carbons (Fsp3) is 0.143. The van der Waals surface area contributed by atoms with Crippen LogP contribution in [0.5, 0.6) is 0 Å². The Bertz CT molecular complexity index is 1310. The average Bonchev–Trinajstić information content (AvgIpc) is 2.74. The molecule has 170 valence electrons. The summed E-state index contributed by atoms with van der Waals surface area (Å²) in [6, 6.07) is 10.8. The van der Waals surface area contributed by atoms with Crippen LogP contribution in [0.15, 0.2) is 53.3 Å². The van der Waals surface area contributed by atoms with Crippen LogP contribution < -0.4 is 21.5 Å². The normalized spacial score (nSPS) is 15.4. The summed E-state index contributed by atoms with van der Waals surface area (Å²) in [5, 5.41) is 7.87. The van der Waals surface area contributed by atoms with E-state index in [4.69, 9.17) is 11.6 Å². The Kier molecular flexibility index (Phi) is 5.81. The lowest BCUT2D eigenvalue weighted by Gasteiger charge is -2.24. The fourth-order valence-corrected chi connectivity index (χ4v) is 3.53. The first-order chi connectivity index (χ1) is 15.6. The molecule has 33 heavy (non-hydrogen) atoms. The maximum atomic E-state index is 12.9. The van der Waals surface area contributed by atoms with Gasteiger partial charge in [0.1, 0.15) is 5.82 Å². The van der Waals surface area contributed by atoms with Gasteiger partial charge in [0.15, 0.2) is 0 Å². The van der Waals surface area contributed by atoms with Crippen LogP contribution in [0.2, 0.25) is 5.02 Å². The molecular formula is C21H15ClF3N5O3. The van der Waals surface area contributed by atoms with Gasteiger partial charge in [-0.25, -0.2) is 0 Å². The zero-order valence-electron chi connectivity index (χ0n) is 16.6. The number of carbonyl (C=O) groups excluding carboxylic acids is 2. The van der Waals surface area contributed by atoms with Gasteiger partial charge in [0.2, 0.25) is 17.8 Å². The van der Waals surface area contributed by atoms with E-state index in [0.29, 0.717) is 5.69 Å². The Morgan fingerprint density at radius 3 is 2.61 bits per heavy atom. The number of anilines is 4. The first-order valence-corrected chi connectivity index (χ1v) is 9.93. The number of nitrogens with one attached hydrogen (secondary N) is 4. The van der Waals surface area contributed by atoms with E-state index in [1.165, 1.54) is 12.1 Å². The van der Waals surface area contributed by atoms with Crippen LogP contribution in [-0.4, -0.2) is 21.8 Å². The number of alkyl halides is 3. The molecule has 0 saturated carbocycles. The summed E-state index contributed by atoms with van der Waals surface area (Å²) in [5.74, 6) is -2.70. The number of rotatable bonds is 4. The standard InChI is InChI=1S/C21H15ClF3N5O3/c22-13-6-1-2-7-14(13)27-18(32)12-9-15(31)28-17-16(12)19(33)30-20(29-17)26-11-5-3-4-10(8-11)21(23,24)25/h1-8,12H,9H2,(H,27,32)(H3,26,28,29,30,31,33)/t12-/m0/s1. The van der Waals surface area contributed by atoms with Crippen molar-refractivity contribution in [1.82, 2.24) is 9.97 Å². The van der Waals surface area contributed by atoms with Crippen molar-refractivity contribution in [2.45, 2.75) is 18.5 Å². The minimum Gasteiger partial charge on any atom is -0.326 e. The Balaban J connectivity index is 1.64. The van der Waals surface area contributed by atoms with Crippen LogP contribution >= 0.6 is 11.6 Å². The van der Waals surface area contributed by atoms with Crippen molar-refractivity contribution in [3.05, 3.63) is 75.0 Å². The van der Waals surface area contributed by atoms with Gasteiger partial charge in [-0.05, 0) is 30.3 Å². The number of benzene rings is 2. The lowest BCUT2D eigenvalue weighted by molar-refractivity contribution is -0.137. The summed E-state index contributed by atoms with van der Waals surface area (Å²) in [4.78, 5) is 44.3. The number of hydrogen-bond donors (Lipinski definition) is 4. The van der Waals surface area contributed by atoms with Gasteiger partial charge in [-0.2, -0.15) is 18.2 Å². The number of H-pyrrole nitrogens is 1. The number of aromatic amines is 1. The number of hydrogen-bond acceptors (Lipinski definition) is 5. The second-order valence-corrected chi connectivity index (χ2v) is 7.56. The van der Waals surface area contributed by atoms with E-state index in [9.17, 15) is 27.6 Å². The lowest BCUT2D eigenvalue weighted by Crippen LogP contribution is -2.36. The Hall–Kier alpha value is -3.86. The van der Waals surface area contributed by atoms with Crippen molar-refractivity contribution in [3.8, 4) is 0 Å². The highest BCUT2D eigenvalue weighted by Crippen LogP contribution is 2.33. The summed E-state index contributed by atoms with van der Waals surface area (Å²) in [7, 11) is 0. The SMILES string of the molecule is O=C1C[C@H](C(=O)Nc2ccccc2Cl)c2c(nc(Nc3cccc(C(F)(F)F)c3)[nH]c2=O)N1. The molecule has 12 heteroatoms. The molecule has 3 aromatic rings. The van der Waals surface area contributed by atoms with Crippen molar-refractivity contribution in [2.75, 3.05) is 16.0 Å². The highest BCUT2D eigenvalue weighted by atomic mass is 35.5. The number of fused-ring (bicyclic) bond motifs is 1. The highest BCUT2D eigenvalue weighted by Gasteiger charge is 2.35. The van der Waals surface area contributed by atoms with Crippen LogP contribution in [0.25, 0.3) is 0 Å². The molecule has 4 N–H and O–H groups in total. The van der Waals surface area contributed by atoms with Crippen molar-refractivity contribution in [2.24, 2.45) is 0 Å². The van der Waals surface area contributed by atoms with Gasteiger partial charge in [0.25, 0.3) is 5.56 Å². The van der Waals surface area contributed by atoms with E-state index < -0.39 is 35.0 Å². The third-order valence-electron chi connectivity index (χ3n) is 4.85. The number of aromatic nitrogens is 2. The van der Waals surface area contributed by atoms with Crippen molar-refractivity contribution >= 4 is 46.6 Å². The highest BCUT2D eigenvalue weighted by molar-refractivity contribution is 6.33. The predicted octanol–water partition coefficient (Wildman–Crippen LogP) is 4.25. The van der Waals surface area contributed by atoms with Crippen molar-refractivity contribution in [3.63, 3.8) is 0 Å². The molecule has 0 radical (unpaired) electrons. The van der Waals surface area contributed by atoms with E-state index in [1.807, 2.05) is 0 Å². The van der Waals surface area contributed by atoms with Gasteiger partial charge in [0.05, 0.1) is 27.8 Å². The van der Waals surface area contributed by atoms with Gasteiger partial charge in [-0.15, -0.1) is 0 Å². The molecule has 0 aliphatic carbocycles. The Morgan fingerprint density at radius 2 is 1.88 bits per heavy atom. The fourth-order valence-electron chi connectivity index (χ4n) is 3.35. The second-order valence-electron chi connectivity index (χ2n) is 7.15. The van der Waals surface area contributed by atoms with Crippen molar-refractivity contribution < 1.29 is 22.8 Å². The Labute approximate surface area is 189 Å². The topological polar surface area (TPSA) is 116 Å². The number of para-hydroxylation sites is 1. The van der Waals surface area contributed by atoms with Crippen LogP contribution in [0, 0.1) is 0 Å². The first kappa shape index (κ1) is 22.3. The molecule has 1 aliphatic heterocycles. The smallest absolute Gasteiger partial charge is 0.326 e. The molecule has 0 spiro atoms. The van der Waals surface area contributed by atoms with E-state index in [0.717, 1.165) is 12.1 Å². The zero-order chi connectivity index (χ0) is 23.8. The summed E-state index contributed by atoms with van der Waals surface area (Å²) >= 11 is 6.05. The Morgan fingerprint density at radius 1 is 1.12 bits per heavy atom. The number of nitrogens with zero attached hydrogens (tertiary/aromatic N) is 1. The molecule has 2 aromatic carbocycles. The summed E-state index contributed by atoms with van der Waals surface area (Å²) in [6.07, 6.45) is -4.85. The quantitative estimate of drug-likeness (QED) is 0.448. The third-order valence-corrected chi connectivity index (χ3v) is 5.18. The minimum atomic E-state index is -4.55. The molecule has 2 amide bonds. The maximum Gasteiger partial charge on any atom is 0.416 e. The number of halogens is 4. The van der Waals surface area contributed by atoms with Crippen LogP contribution in [0.1, 0.15) is 23.5 Å². The average molecular weight is 478 g/mol. The molecule has 1 aromatic heterocycles. The third kappa shape index (κ3) is 4.82. The largest absolute Gasteiger partial charge is 0.416 e. The first-order valence-electron chi connectivity index (χ1n) is 9.55. The van der Waals surface area contributed by atoms with E-state index in [1.54, 1.807) is 24.3 Å². The summed E-state index contributed by atoms with van der Waals surface area (Å²) in [6.45, 7) is 0. The summed E-state index contributed by atoms with van der Waals surface area (Å²) in [5.41, 5.74) is -1.37. The predicted molar refractivity (Wildman–Crippen MR) is 116 cm³/mol. The van der Waals surface area contributed by atoms with Gasteiger partial charge in [0, 0.05) is 12.1 Å².